The number of hydrogen-bond acceptors (Lipinski definition) is 9. The SMILES string of the molecule is CN(c1ncc(-c2ccc(-c3ccc4nnn(C)c4n3)cc2O)nn1)C1CC(C)(C)NC(C)(C)C1. The van der Waals surface area contributed by atoms with Gasteiger partial charge < -0.3 is 15.3 Å². The molecule has 0 unspecified atom stereocenters. The van der Waals surface area contributed by atoms with Crippen molar-refractivity contribution >= 4 is 17.1 Å². The molecule has 2 N–H and O–H groups in total. The van der Waals surface area contributed by atoms with Gasteiger partial charge in [0.15, 0.2) is 5.65 Å². The lowest BCUT2D eigenvalue weighted by Gasteiger charge is -2.48. The first kappa shape index (κ1) is 23.1. The van der Waals surface area contributed by atoms with E-state index < -0.39 is 0 Å². The lowest BCUT2D eigenvalue weighted by Crippen LogP contribution is -2.62. The predicted octanol–water partition coefficient (Wildman–Crippen LogP) is 3.33. The predicted molar refractivity (Wildman–Crippen MR) is 135 cm³/mol. The number of aromatic hydroxyl groups is 1. The summed E-state index contributed by atoms with van der Waals surface area (Å²) < 4.78 is 1.62. The summed E-state index contributed by atoms with van der Waals surface area (Å²) in [5.41, 5.74) is 4.03. The number of anilines is 1. The van der Waals surface area contributed by atoms with Crippen LogP contribution in [0.5, 0.6) is 5.75 Å². The molecule has 0 amide bonds. The second kappa shape index (κ2) is 8.23. The zero-order chi connectivity index (χ0) is 25.0. The van der Waals surface area contributed by atoms with Crippen molar-refractivity contribution < 1.29 is 5.11 Å². The van der Waals surface area contributed by atoms with Gasteiger partial charge in [0.1, 0.15) is 17.0 Å². The molecule has 4 heterocycles. The van der Waals surface area contributed by atoms with Gasteiger partial charge in [0.05, 0.1) is 11.9 Å². The Morgan fingerprint density at radius 1 is 1.00 bits per heavy atom. The van der Waals surface area contributed by atoms with E-state index in [1.807, 2.05) is 31.3 Å². The van der Waals surface area contributed by atoms with Crippen molar-refractivity contribution in [1.29, 1.82) is 0 Å². The Labute approximate surface area is 204 Å². The number of phenolic OH excluding ortho intramolecular Hbond substituents is 1. The van der Waals surface area contributed by atoms with Crippen LogP contribution in [0, 0.1) is 0 Å². The third kappa shape index (κ3) is 4.53. The van der Waals surface area contributed by atoms with Gasteiger partial charge >= 0.3 is 0 Å². The molecule has 1 saturated heterocycles. The van der Waals surface area contributed by atoms with Gasteiger partial charge in [0, 0.05) is 42.3 Å². The molecule has 0 spiro atoms. The van der Waals surface area contributed by atoms with E-state index in [0.29, 0.717) is 28.9 Å². The lowest BCUT2D eigenvalue weighted by molar-refractivity contribution is 0.160. The third-order valence-electron chi connectivity index (χ3n) is 6.60. The van der Waals surface area contributed by atoms with Gasteiger partial charge in [-0.15, -0.1) is 15.3 Å². The molecule has 0 bridgehead atoms. The smallest absolute Gasteiger partial charge is 0.245 e. The van der Waals surface area contributed by atoms with Crippen LogP contribution in [0.25, 0.3) is 33.7 Å². The minimum absolute atomic E-state index is 0.0220. The van der Waals surface area contributed by atoms with Gasteiger partial charge in [-0.05, 0) is 64.8 Å². The van der Waals surface area contributed by atoms with Crippen molar-refractivity contribution in [3.63, 3.8) is 0 Å². The summed E-state index contributed by atoms with van der Waals surface area (Å²) in [5, 5.41) is 31.3. The maximum absolute atomic E-state index is 10.8. The van der Waals surface area contributed by atoms with Crippen LogP contribution >= 0.6 is 0 Å². The molecule has 10 heteroatoms. The molecule has 1 aliphatic rings. The first-order valence-corrected chi connectivity index (χ1v) is 11.7. The van der Waals surface area contributed by atoms with Crippen molar-refractivity contribution in [3.8, 4) is 28.3 Å². The number of hydrogen-bond donors (Lipinski definition) is 2. The highest BCUT2D eigenvalue weighted by Crippen LogP contribution is 2.34. The van der Waals surface area contributed by atoms with Crippen LogP contribution in [0.15, 0.2) is 36.5 Å². The highest BCUT2D eigenvalue weighted by Gasteiger charge is 2.39. The Balaban J connectivity index is 1.37. The van der Waals surface area contributed by atoms with Crippen molar-refractivity contribution in [2.24, 2.45) is 7.05 Å². The standard InChI is InChI=1S/C25H31N9O/c1-24(2)12-16(13-25(3,4)31-24)33(5)23-26-14-20(28-30-23)17-8-7-15(11-21(17)35)18-9-10-19-22(27-18)34(6)32-29-19/h7-11,14,16,31,35H,12-13H2,1-6H3. The Bertz CT molecular complexity index is 1360. The van der Waals surface area contributed by atoms with Crippen LogP contribution in [-0.4, -0.2) is 64.4 Å². The fraction of sp³-hybridized carbons (Fsp3) is 0.440. The summed E-state index contributed by atoms with van der Waals surface area (Å²) in [4.78, 5) is 11.3. The zero-order valence-corrected chi connectivity index (χ0v) is 21.0. The second-order valence-electron chi connectivity index (χ2n) is 10.7. The minimum atomic E-state index is 0.0220. The largest absolute Gasteiger partial charge is 0.507 e. The molecule has 0 atom stereocenters. The van der Waals surface area contributed by atoms with Gasteiger partial charge in [0.2, 0.25) is 5.95 Å². The maximum atomic E-state index is 10.8. The number of benzene rings is 1. The molecule has 3 aromatic heterocycles. The number of aromatic nitrogens is 7. The molecule has 182 valence electrons. The van der Waals surface area contributed by atoms with Crippen molar-refractivity contribution in [2.75, 3.05) is 11.9 Å². The Morgan fingerprint density at radius 2 is 1.74 bits per heavy atom. The van der Waals surface area contributed by atoms with Gasteiger partial charge in [-0.3, -0.25) is 0 Å². The molecule has 10 nitrogen and oxygen atoms in total. The van der Waals surface area contributed by atoms with Gasteiger partial charge in [-0.25, -0.2) is 14.6 Å². The molecule has 0 saturated carbocycles. The monoisotopic (exact) mass is 473 g/mol. The highest BCUT2D eigenvalue weighted by atomic mass is 16.3. The van der Waals surface area contributed by atoms with E-state index in [9.17, 15) is 5.11 Å². The summed E-state index contributed by atoms with van der Waals surface area (Å²) in [6.45, 7) is 8.91. The summed E-state index contributed by atoms with van der Waals surface area (Å²) in [7, 11) is 3.82. The molecule has 1 aliphatic heterocycles. The number of rotatable bonds is 4. The number of phenols is 1. The Kier molecular flexibility index (Phi) is 5.43. The minimum Gasteiger partial charge on any atom is -0.507 e. The van der Waals surface area contributed by atoms with E-state index in [1.54, 1.807) is 24.0 Å². The summed E-state index contributed by atoms with van der Waals surface area (Å²) in [6, 6.07) is 9.40. The van der Waals surface area contributed by atoms with E-state index in [0.717, 1.165) is 29.6 Å². The van der Waals surface area contributed by atoms with Crippen LogP contribution in [-0.2, 0) is 7.05 Å². The van der Waals surface area contributed by atoms with Crippen LogP contribution in [0.3, 0.4) is 0 Å². The van der Waals surface area contributed by atoms with Crippen molar-refractivity contribution in [1.82, 2.24) is 40.5 Å². The first-order valence-electron chi connectivity index (χ1n) is 11.7. The molecule has 0 aliphatic carbocycles. The average Bonchev–Trinajstić information content (AvgIpc) is 3.17. The second-order valence-corrected chi connectivity index (χ2v) is 10.7. The van der Waals surface area contributed by atoms with Crippen molar-refractivity contribution in [2.45, 2.75) is 57.7 Å². The Hall–Kier alpha value is -3.66. The van der Waals surface area contributed by atoms with E-state index in [-0.39, 0.29) is 16.8 Å². The van der Waals surface area contributed by atoms with Crippen LogP contribution in [0.4, 0.5) is 5.95 Å². The topological polar surface area (TPSA) is 118 Å². The van der Waals surface area contributed by atoms with Gasteiger partial charge in [-0.2, -0.15) is 0 Å². The van der Waals surface area contributed by atoms with Crippen LogP contribution < -0.4 is 10.2 Å². The molecular weight excluding hydrogens is 442 g/mol. The van der Waals surface area contributed by atoms with Crippen LogP contribution in [0.2, 0.25) is 0 Å². The van der Waals surface area contributed by atoms with Gasteiger partial charge in [-0.1, -0.05) is 11.3 Å². The molecule has 1 fully saturated rings. The first-order chi connectivity index (χ1) is 16.5. The molecule has 0 radical (unpaired) electrons. The van der Waals surface area contributed by atoms with Gasteiger partial charge in [0.25, 0.3) is 0 Å². The van der Waals surface area contributed by atoms with E-state index in [1.165, 1.54) is 0 Å². The average molecular weight is 474 g/mol. The normalized spacial score (nSPS) is 17.5. The number of pyridine rings is 1. The highest BCUT2D eigenvalue weighted by molar-refractivity contribution is 5.77. The third-order valence-corrected chi connectivity index (χ3v) is 6.60. The molecule has 1 aromatic carbocycles. The lowest BCUT2D eigenvalue weighted by atomic mass is 9.79. The zero-order valence-electron chi connectivity index (χ0n) is 21.0. The molecule has 35 heavy (non-hydrogen) atoms. The number of aryl methyl sites for hydroxylation is 1. The fourth-order valence-corrected chi connectivity index (χ4v) is 5.24. The number of nitrogens with one attached hydrogen (secondary N) is 1. The number of nitrogens with zero attached hydrogens (tertiary/aromatic N) is 8. The Morgan fingerprint density at radius 3 is 2.40 bits per heavy atom. The molecule has 5 rings (SSSR count). The van der Waals surface area contributed by atoms with E-state index >= 15 is 0 Å². The van der Waals surface area contributed by atoms with E-state index in [4.69, 9.17) is 0 Å². The molecular formula is C25H31N9O. The summed E-state index contributed by atoms with van der Waals surface area (Å²) in [5.74, 6) is 0.664. The quantitative estimate of drug-likeness (QED) is 0.460. The van der Waals surface area contributed by atoms with E-state index in [2.05, 4.69) is 68.4 Å². The summed E-state index contributed by atoms with van der Waals surface area (Å²) >= 11 is 0. The fourth-order valence-electron chi connectivity index (χ4n) is 5.24. The summed E-state index contributed by atoms with van der Waals surface area (Å²) in [6.07, 6.45) is 3.63. The van der Waals surface area contributed by atoms with Crippen molar-refractivity contribution in [3.05, 3.63) is 36.5 Å². The maximum Gasteiger partial charge on any atom is 0.245 e. The number of piperidine rings is 1. The molecule has 4 aromatic rings. The number of fused-ring (bicyclic) bond motifs is 1. The van der Waals surface area contributed by atoms with Crippen LogP contribution in [0.1, 0.15) is 40.5 Å².